The number of carboxylic acids is 2. The fourth-order valence-electron chi connectivity index (χ4n) is 4.07. The highest BCUT2D eigenvalue weighted by Gasteiger charge is 2.51. The lowest BCUT2D eigenvalue weighted by atomic mass is 9.78. The van der Waals surface area contributed by atoms with Gasteiger partial charge in [0.25, 0.3) is 0 Å². The van der Waals surface area contributed by atoms with Crippen LogP contribution in [0.25, 0.3) is 0 Å². The van der Waals surface area contributed by atoms with Crippen molar-refractivity contribution in [3.63, 3.8) is 0 Å². The van der Waals surface area contributed by atoms with Crippen molar-refractivity contribution in [3.8, 4) is 0 Å². The molecule has 0 aliphatic heterocycles. The molecule has 1 aromatic carbocycles. The van der Waals surface area contributed by atoms with Crippen molar-refractivity contribution in [1.29, 1.82) is 0 Å². The summed E-state index contributed by atoms with van der Waals surface area (Å²) in [6.07, 6.45) is 2.54. The number of aliphatic carboxylic acids is 1. The molecule has 0 heterocycles. The largest absolute Gasteiger partial charge is 0.550 e. The number of benzene rings is 1. The third kappa shape index (κ3) is 2.93. The fraction of sp³-hybridized carbons (Fsp3) is 0.471. The summed E-state index contributed by atoms with van der Waals surface area (Å²) >= 11 is 0. The average Bonchev–Trinajstić information content (AvgIpc) is 3.13. The average molecular weight is 315 g/mol. The molecular weight excluding hydrogens is 298 g/mol. The van der Waals surface area contributed by atoms with Gasteiger partial charge in [-0.2, -0.15) is 0 Å². The summed E-state index contributed by atoms with van der Waals surface area (Å²) < 4.78 is 0. The van der Waals surface area contributed by atoms with Gasteiger partial charge in [0.1, 0.15) is 0 Å². The lowest BCUT2D eigenvalue weighted by Crippen LogP contribution is -2.45. The smallest absolute Gasteiger partial charge is 0.224 e. The number of rotatable bonds is 5. The first-order chi connectivity index (χ1) is 11.0. The maximum Gasteiger partial charge on any atom is 0.224 e. The SMILES string of the molecule is O=C([O-])c1ccc(CNC(=O)[C@H]2[C@@H]3CC[C@@H](C3)[C@@H]2C(=O)[O-])cc1. The lowest BCUT2D eigenvalue weighted by Gasteiger charge is -2.30. The molecule has 1 N–H and O–H groups in total. The van der Waals surface area contributed by atoms with Crippen LogP contribution in [-0.4, -0.2) is 17.8 Å². The molecular formula is C17H17NO5-2. The molecule has 0 aromatic heterocycles. The molecule has 0 saturated heterocycles. The Morgan fingerprint density at radius 2 is 1.61 bits per heavy atom. The van der Waals surface area contributed by atoms with Crippen molar-refractivity contribution in [2.24, 2.45) is 23.7 Å². The highest BCUT2D eigenvalue weighted by atomic mass is 16.4. The summed E-state index contributed by atoms with van der Waals surface area (Å²) in [6, 6.07) is 6.03. The number of carbonyl (C=O) groups is 3. The van der Waals surface area contributed by atoms with Crippen LogP contribution in [0.5, 0.6) is 0 Å². The van der Waals surface area contributed by atoms with Crippen molar-refractivity contribution < 1.29 is 24.6 Å². The Hall–Kier alpha value is -2.37. The predicted octanol–water partition coefficient (Wildman–Crippen LogP) is -0.921. The quantitative estimate of drug-likeness (QED) is 0.755. The summed E-state index contributed by atoms with van der Waals surface area (Å²) in [5.41, 5.74) is 0.821. The van der Waals surface area contributed by atoms with Crippen LogP contribution in [0, 0.1) is 23.7 Å². The molecule has 1 aromatic rings. The van der Waals surface area contributed by atoms with Crippen LogP contribution in [0.4, 0.5) is 0 Å². The minimum Gasteiger partial charge on any atom is -0.550 e. The molecule has 23 heavy (non-hydrogen) atoms. The van der Waals surface area contributed by atoms with Gasteiger partial charge in [0, 0.05) is 24.3 Å². The van der Waals surface area contributed by atoms with Gasteiger partial charge in [-0.15, -0.1) is 0 Å². The number of aromatic carboxylic acids is 1. The number of fused-ring (bicyclic) bond motifs is 2. The van der Waals surface area contributed by atoms with Crippen LogP contribution in [0.2, 0.25) is 0 Å². The molecule has 122 valence electrons. The Balaban J connectivity index is 1.63. The van der Waals surface area contributed by atoms with Crippen LogP contribution in [-0.2, 0) is 16.1 Å². The molecule has 4 atom stereocenters. The highest BCUT2D eigenvalue weighted by Crippen LogP contribution is 2.52. The van der Waals surface area contributed by atoms with Crippen molar-refractivity contribution in [3.05, 3.63) is 35.4 Å². The Kier molecular flexibility index (Phi) is 4.07. The molecule has 0 spiro atoms. The zero-order chi connectivity index (χ0) is 16.6. The summed E-state index contributed by atoms with van der Waals surface area (Å²) in [5.74, 6) is -3.65. The maximum absolute atomic E-state index is 12.4. The molecule has 2 aliphatic carbocycles. The van der Waals surface area contributed by atoms with Crippen LogP contribution >= 0.6 is 0 Å². The second kappa shape index (κ2) is 6.02. The third-order valence-electron chi connectivity index (χ3n) is 5.15. The first-order valence-corrected chi connectivity index (χ1v) is 7.76. The van der Waals surface area contributed by atoms with E-state index in [1.807, 2.05) is 0 Å². The Morgan fingerprint density at radius 1 is 1.00 bits per heavy atom. The first kappa shape index (κ1) is 15.5. The van der Waals surface area contributed by atoms with E-state index in [4.69, 9.17) is 0 Å². The normalized spacial score (nSPS) is 28.5. The number of hydrogen-bond donors (Lipinski definition) is 1. The first-order valence-electron chi connectivity index (χ1n) is 7.76. The standard InChI is InChI=1S/C17H19NO5/c19-15(13-11-5-6-12(7-11)14(13)17(22)23)18-8-9-1-3-10(4-2-9)16(20)21/h1-4,11-14H,5-8H2,(H,18,19)(H,20,21)(H,22,23)/p-2/t11-,12+,13+,14+/m1/s1. The second-order valence-corrected chi connectivity index (χ2v) is 6.41. The molecule has 2 saturated carbocycles. The van der Waals surface area contributed by atoms with E-state index in [2.05, 4.69) is 5.32 Å². The summed E-state index contributed by atoms with van der Waals surface area (Å²) in [5, 5.41) is 24.8. The molecule has 0 radical (unpaired) electrons. The van der Waals surface area contributed by atoms with Gasteiger partial charge in [0.2, 0.25) is 5.91 Å². The van der Waals surface area contributed by atoms with E-state index in [9.17, 15) is 24.6 Å². The molecule has 2 fully saturated rings. The zero-order valence-corrected chi connectivity index (χ0v) is 12.5. The van der Waals surface area contributed by atoms with Gasteiger partial charge in [-0.25, -0.2) is 0 Å². The Morgan fingerprint density at radius 3 is 2.17 bits per heavy atom. The summed E-state index contributed by atoms with van der Waals surface area (Å²) in [7, 11) is 0. The number of carbonyl (C=O) groups excluding carboxylic acids is 3. The maximum atomic E-state index is 12.4. The number of hydrogen-bond acceptors (Lipinski definition) is 5. The van der Waals surface area contributed by atoms with Crippen molar-refractivity contribution in [1.82, 2.24) is 5.32 Å². The number of carboxylic acid groups (broad SMARTS) is 2. The van der Waals surface area contributed by atoms with Gasteiger partial charge in [-0.1, -0.05) is 24.3 Å². The summed E-state index contributed by atoms with van der Waals surface area (Å²) in [6.45, 7) is 0.236. The highest BCUT2D eigenvalue weighted by molar-refractivity contribution is 5.86. The molecule has 3 rings (SSSR count). The van der Waals surface area contributed by atoms with E-state index >= 15 is 0 Å². The second-order valence-electron chi connectivity index (χ2n) is 6.41. The Labute approximate surface area is 133 Å². The van der Waals surface area contributed by atoms with E-state index in [-0.39, 0.29) is 29.9 Å². The van der Waals surface area contributed by atoms with E-state index < -0.39 is 23.8 Å². The molecule has 2 bridgehead atoms. The molecule has 2 aliphatic rings. The van der Waals surface area contributed by atoms with Gasteiger partial charge in [-0.3, -0.25) is 4.79 Å². The van der Waals surface area contributed by atoms with Crippen LogP contribution in [0.15, 0.2) is 24.3 Å². The van der Waals surface area contributed by atoms with Crippen LogP contribution < -0.4 is 15.5 Å². The lowest BCUT2D eigenvalue weighted by molar-refractivity contribution is -0.314. The molecule has 6 nitrogen and oxygen atoms in total. The van der Waals surface area contributed by atoms with E-state index in [1.165, 1.54) is 12.1 Å². The Bertz CT molecular complexity index is 639. The third-order valence-corrected chi connectivity index (χ3v) is 5.15. The molecule has 1 amide bonds. The van der Waals surface area contributed by atoms with E-state index in [0.717, 1.165) is 24.8 Å². The number of nitrogens with one attached hydrogen (secondary N) is 1. The minimum atomic E-state index is -1.25. The van der Waals surface area contributed by atoms with Crippen molar-refractivity contribution in [2.45, 2.75) is 25.8 Å². The van der Waals surface area contributed by atoms with Gasteiger partial charge in [0.05, 0.1) is 5.97 Å². The molecule has 6 heteroatoms. The van der Waals surface area contributed by atoms with Gasteiger partial charge < -0.3 is 25.1 Å². The van der Waals surface area contributed by atoms with E-state index in [0.29, 0.717) is 0 Å². The van der Waals surface area contributed by atoms with Crippen LogP contribution in [0.3, 0.4) is 0 Å². The van der Waals surface area contributed by atoms with Gasteiger partial charge in [0.15, 0.2) is 0 Å². The monoisotopic (exact) mass is 315 g/mol. The van der Waals surface area contributed by atoms with Crippen molar-refractivity contribution >= 4 is 17.8 Å². The van der Waals surface area contributed by atoms with Crippen LogP contribution in [0.1, 0.15) is 35.2 Å². The summed E-state index contributed by atoms with van der Waals surface area (Å²) in [4.78, 5) is 34.4. The van der Waals surface area contributed by atoms with Gasteiger partial charge in [-0.05, 0) is 42.2 Å². The van der Waals surface area contributed by atoms with E-state index in [1.54, 1.807) is 12.1 Å². The number of amides is 1. The minimum absolute atomic E-state index is 0.0584. The molecule has 0 unspecified atom stereocenters. The predicted molar refractivity (Wildman–Crippen MR) is 75.4 cm³/mol. The zero-order valence-electron chi connectivity index (χ0n) is 12.5. The topological polar surface area (TPSA) is 109 Å². The van der Waals surface area contributed by atoms with Crippen molar-refractivity contribution in [2.75, 3.05) is 0 Å². The van der Waals surface area contributed by atoms with Gasteiger partial charge >= 0.3 is 0 Å². The fourth-order valence-corrected chi connectivity index (χ4v) is 4.07.